The van der Waals surface area contributed by atoms with Gasteiger partial charge in [0.05, 0.1) is 17.6 Å². The number of methoxy groups -OCH3 is 1. The van der Waals surface area contributed by atoms with Crippen molar-refractivity contribution in [2.75, 3.05) is 7.11 Å². The Morgan fingerprint density at radius 1 is 1.44 bits per heavy atom. The van der Waals surface area contributed by atoms with Gasteiger partial charge in [0.2, 0.25) is 0 Å². The van der Waals surface area contributed by atoms with Crippen molar-refractivity contribution in [2.24, 2.45) is 5.92 Å². The van der Waals surface area contributed by atoms with Gasteiger partial charge in [0.25, 0.3) is 0 Å². The number of carbonyl (C=O) groups excluding carboxylic acids is 2. The first-order valence-electron chi connectivity index (χ1n) is 5.26. The van der Waals surface area contributed by atoms with E-state index in [1.54, 1.807) is 6.07 Å². The summed E-state index contributed by atoms with van der Waals surface area (Å²) in [5.74, 6) is -0.531. The predicted molar refractivity (Wildman–Crippen MR) is 64.2 cm³/mol. The summed E-state index contributed by atoms with van der Waals surface area (Å²) in [5.41, 5.74) is 0.406. The highest BCUT2D eigenvalue weighted by molar-refractivity contribution is 7.14. The Bertz CT molecular complexity index is 404. The number of ketones is 1. The molecule has 1 aromatic rings. The lowest BCUT2D eigenvalue weighted by atomic mass is 10.0. The van der Waals surface area contributed by atoms with Gasteiger partial charge in [0.1, 0.15) is 0 Å². The van der Waals surface area contributed by atoms with E-state index in [2.05, 4.69) is 4.74 Å². The second kappa shape index (κ2) is 5.25. The molecule has 0 radical (unpaired) electrons. The van der Waals surface area contributed by atoms with Crippen LogP contribution in [0.4, 0.5) is 0 Å². The molecule has 0 atom stereocenters. The Morgan fingerprint density at radius 3 is 2.50 bits per heavy atom. The minimum absolute atomic E-state index is 0.00472. The molecule has 0 saturated heterocycles. The Hall–Kier alpha value is -1.16. The van der Waals surface area contributed by atoms with E-state index in [-0.39, 0.29) is 11.7 Å². The van der Waals surface area contributed by atoms with Crippen molar-refractivity contribution >= 4 is 23.1 Å². The average Bonchev–Trinajstić information content (AvgIpc) is 2.70. The largest absolute Gasteiger partial charge is 0.465 e. The molecule has 0 spiro atoms. The van der Waals surface area contributed by atoms with E-state index in [0.717, 1.165) is 11.3 Å². The van der Waals surface area contributed by atoms with Gasteiger partial charge < -0.3 is 4.74 Å². The Labute approximate surface area is 99.4 Å². The molecule has 0 unspecified atom stereocenters. The molecule has 0 aliphatic heterocycles. The highest BCUT2D eigenvalue weighted by Gasteiger charge is 2.23. The Balaban J connectivity index is 3.20. The van der Waals surface area contributed by atoms with Gasteiger partial charge in [-0.1, -0.05) is 20.8 Å². The van der Waals surface area contributed by atoms with E-state index in [9.17, 15) is 9.59 Å². The van der Waals surface area contributed by atoms with Crippen molar-refractivity contribution in [3.63, 3.8) is 0 Å². The molecule has 88 valence electrons. The molecule has 0 bridgehead atoms. The fraction of sp³-hybridized carbons (Fsp3) is 0.500. The lowest BCUT2D eigenvalue weighted by Crippen LogP contribution is -2.11. The summed E-state index contributed by atoms with van der Waals surface area (Å²) in [6.07, 6.45) is 0.819. The zero-order valence-corrected chi connectivity index (χ0v) is 10.8. The van der Waals surface area contributed by atoms with Crippen LogP contribution in [0, 0.1) is 5.92 Å². The van der Waals surface area contributed by atoms with Gasteiger partial charge in [0, 0.05) is 10.8 Å². The SMILES string of the molecule is CCc1cc(C(=O)OC)c(C(=O)C(C)C)s1. The molecule has 0 fully saturated rings. The Morgan fingerprint density at radius 2 is 2.06 bits per heavy atom. The van der Waals surface area contributed by atoms with Gasteiger partial charge in [-0.3, -0.25) is 4.79 Å². The average molecular weight is 240 g/mol. The first kappa shape index (κ1) is 12.9. The van der Waals surface area contributed by atoms with Crippen molar-refractivity contribution in [2.45, 2.75) is 27.2 Å². The lowest BCUT2D eigenvalue weighted by molar-refractivity contribution is 0.0597. The van der Waals surface area contributed by atoms with Gasteiger partial charge in [-0.2, -0.15) is 0 Å². The quantitative estimate of drug-likeness (QED) is 0.600. The molecule has 0 aliphatic carbocycles. The molecule has 0 saturated carbocycles. The van der Waals surface area contributed by atoms with Gasteiger partial charge in [-0.05, 0) is 12.5 Å². The van der Waals surface area contributed by atoms with Crippen LogP contribution in [0.3, 0.4) is 0 Å². The predicted octanol–water partition coefficient (Wildman–Crippen LogP) is 2.94. The zero-order chi connectivity index (χ0) is 12.3. The van der Waals surface area contributed by atoms with Crippen LogP contribution in [0.1, 0.15) is 45.7 Å². The minimum atomic E-state index is -0.431. The van der Waals surface area contributed by atoms with Crippen LogP contribution in [0.15, 0.2) is 6.07 Å². The first-order valence-corrected chi connectivity index (χ1v) is 6.08. The molecular formula is C12H16O3S. The van der Waals surface area contributed by atoms with E-state index >= 15 is 0 Å². The number of hydrogen-bond donors (Lipinski definition) is 0. The molecule has 0 amide bonds. The summed E-state index contributed by atoms with van der Waals surface area (Å²) in [6.45, 7) is 5.65. The van der Waals surface area contributed by atoms with Crippen molar-refractivity contribution in [1.29, 1.82) is 0 Å². The maximum absolute atomic E-state index is 11.9. The van der Waals surface area contributed by atoms with E-state index < -0.39 is 5.97 Å². The van der Waals surface area contributed by atoms with E-state index in [1.165, 1.54) is 18.4 Å². The number of carbonyl (C=O) groups is 2. The summed E-state index contributed by atoms with van der Waals surface area (Å²) >= 11 is 1.39. The van der Waals surface area contributed by atoms with E-state index in [0.29, 0.717) is 10.4 Å². The zero-order valence-electron chi connectivity index (χ0n) is 9.99. The molecule has 1 rings (SSSR count). The lowest BCUT2D eigenvalue weighted by Gasteiger charge is -2.03. The van der Waals surface area contributed by atoms with Crippen LogP contribution in [0.2, 0.25) is 0 Å². The number of ether oxygens (including phenoxy) is 1. The number of aryl methyl sites for hydroxylation is 1. The summed E-state index contributed by atoms with van der Waals surface area (Å²) in [6, 6.07) is 1.76. The van der Waals surface area contributed by atoms with E-state index in [4.69, 9.17) is 0 Å². The second-order valence-electron chi connectivity index (χ2n) is 3.82. The monoisotopic (exact) mass is 240 g/mol. The summed E-state index contributed by atoms with van der Waals surface area (Å²) in [4.78, 5) is 25.0. The second-order valence-corrected chi connectivity index (χ2v) is 4.96. The third-order valence-electron chi connectivity index (χ3n) is 2.29. The number of thiophene rings is 1. The molecule has 4 heteroatoms. The topological polar surface area (TPSA) is 43.4 Å². The molecule has 0 aromatic carbocycles. The minimum Gasteiger partial charge on any atom is -0.465 e. The molecule has 1 heterocycles. The van der Waals surface area contributed by atoms with Crippen LogP contribution in [-0.2, 0) is 11.2 Å². The maximum Gasteiger partial charge on any atom is 0.339 e. The van der Waals surface area contributed by atoms with Crippen molar-refractivity contribution in [1.82, 2.24) is 0 Å². The van der Waals surface area contributed by atoms with Gasteiger partial charge in [-0.25, -0.2) is 4.79 Å². The van der Waals surface area contributed by atoms with Gasteiger partial charge in [-0.15, -0.1) is 11.3 Å². The van der Waals surface area contributed by atoms with Gasteiger partial charge >= 0.3 is 5.97 Å². The number of hydrogen-bond acceptors (Lipinski definition) is 4. The van der Waals surface area contributed by atoms with Crippen LogP contribution in [0.5, 0.6) is 0 Å². The third kappa shape index (κ3) is 2.50. The number of Topliss-reactive ketones (excluding diaryl/α,β-unsaturated/α-hetero) is 1. The smallest absolute Gasteiger partial charge is 0.339 e. The standard InChI is InChI=1S/C12H16O3S/c1-5-8-6-9(12(14)15-4)11(16-8)10(13)7(2)3/h6-7H,5H2,1-4H3. The summed E-state index contributed by atoms with van der Waals surface area (Å²) < 4.78 is 4.68. The fourth-order valence-electron chi connectivity index (χ4n) is 1.32. The van der Waals surface area contributed by atoms with Crippen molar-refractivity contribution in [3.8, 4) is 0 Å². The van der Waals surface area contributed by atoms with Crippen molar-refractivity contribution in [3.05, 3.63) is 21.4 Å². The third-order valence-corrected chi connectivity index (χ3v) is 3.58. The van der Waals surface area contributed by atoms with Crippen LogP contribution in [-0.4, -0.2) is 18.9 Å². The van der Waals surface area contributed by atoms with Crippen molar-refractivity contribution < 1.29 is 14.3 Å². The highest BCUT2D eigenvalue weighted by Crippen LogP contribution is 2.26. The molecule has 0 aliphatic rings. The maximum atomic E-state index is 11.9. The number of esters is 1. The molecule has 16 heavy (non-hydrogen) atoms. The molecule has 3 nitrogen and oxygen atoms in total. The van der Waals surface area contributed by atoms with Gasteiger partial charge in [0.15, 0.2) is 5.78 Å². The fourth-order valence-corrected chi connectivity index (χ4v) is 2.49. The van der Waals surface area contributed by atoms with Crippen LogP contribution >= 0.6 is 11.3 Å². The Kier molecular flexibility index (Phi) is 4.24. The molecule has 0 N–H and O–H groups in total. The van der Waals surface area contributed by atoms with Crippen LogP contribution < -0.4 is 0 Å². The normalized spacial score (nSPS) is 10.6. The molecular weight excluding hydrogens is 224 g/mol. The van der Waals surface area contributed by atoms with Crippen LogP contribution in [0.25, 0.3) is 0 Å². The first-order chi connectivity index (χ1) is 7.51. The summed E-state index contributed by atoms with van der Waals surface area (Å²) in [5, 5.41) is 0. The summed E-state index contributed by atoms with van der Waals surface area (Å²) in [7, 11) is 1.33. The van der Waals surface area contributed by atoms with E-state index in [1.807, 2.05) is 20.8 Å². The number of rotatable bonds is 4. The highest BCUT2D eigenvalue weighted by atomic mass is 32.1. The molecule has 1 aromatic heterocycles.